The monoisotopic (exact) mass is 312 g/mol. The Hall–Kier alpha value is -1.66. The van der Waals surface area contributed by atoms with Crippen molar-refractivity contribution in [3.05, 3.63) is 47.0 Å². The van der Waals surface area contributed by atoms with Gasteiger partial charge in [-0.3, -0.25) is 0 Å². The van der Waals surface area contributed by atoms with E-state index < -0.39 is 11.8 Å². The molecule has 0 N–H and O–H groups in total. The van der Waals surface area contributed by atoms with E-state index in [0.717, 1.165) is 5.75 Å². The molecule has 1 heterocycles. The molecule has 0 unspecified atom stereocenters. The van der Waals surface area contributed by atoms with E-state index in [2.05, 4.69) is 9.97 Å². The SMILES string of the molecule is CCSc1ncc(Cl)c(C(=O)Oc2ccc(F)cc2)n1. The van der Waals surface area contributed by atoms with Crippen LogP contribution in [0.2, 0.25) is 5.02 Å². The molecule has 20 heavy (non-hydrogen) atoms. The van der Waals surface area contributed by atoms with Crippen molar-refractivity contribution in [2.45, 2.75) is 12.1 Å². The van der Waals surface area contributed by atoms with E-state index in [9.17, 15) is 9.18 Å². The van der Waals surface area contributed by atoms with E-state index in [4.69, 9.17) is 16.3 Å². The summed E-state index contributed by atoms with van der Waals surface area (Å²) in [6.45, 7) is 1.94. The number of carbonyl (C=O) groups is 1. The molecule has 7 heteroatoms. The minimum Gasteiger partial charge on any atom is -0.422 e. The van der Waals surface area contributed by atoms with Gasteiger partial charge in [-0.05, 0) is 30.0 Å². The van der Waals surface area contributed by atoms with Crippen molar-refractivity contribution in [2.24, 2.45) is 0 Å². The van der Waals surface area contributed by atoms with E-state index >= 15 is 0 Å². The number of carbonyl (C=O) groups excluding carboxylic acids is 1. The van der Waals surface area contributed by atoms with Gasteiger partial charge >= 0.3 is 5.97 Å². The fourth-order valence-corrected chi connectivity index (χ4v) is 2.06. The quantitative estimate of drug-likeness (QED) is 0.374. The van der Waals surface area contributed by atoms with E-state index in [-0.39, 0.29) is 16.5 Å². The van der Waals surface area contributed by atoms with Gasteiger partial charge in [-0.15, -0.1) is 0 Å². The summed E-state index contributed by atoms with van der Waals surface area (Å²) in [7, 11) is 0. The third kappa shape index (κ3) is 3.68. The summed E-state index contributed by atoms with van der Waals surface area (Å²) < 4.78 is 17.8. The maximum atomic E-state index is 12.8. The summed E-state index contributed by atoms with van der Waals surface area (Å²) >= 11 is 7.27. The van der Waals surface area contributed by atoms with Gasteiger partial charge < -0.3 is 4.74 Å². The molecule has 2 rings (SSSR count). The summed E-state index contributed by atoms with van der Waals surface area (Å²) in [5, 5.41) is 0.556. The van der Waals surface area contributed by atoms with Crippen molar-refractivity contribution in [3.8, 4) is 5.75 Å². The normalized spacial score (nSPS) is 10.3. The van der Waals surface area contributed by atoms with Gasteiger partial charge in [0.05, 0.1) is 11.2 Å². The third-order valence-corrected chi connectivity index (χ3v) is 3.23. The molecular weight excluding hydrogens is 303 g/mol. The molecule has 0 aliphatic carbocycles. The van der Waals surface area contributed by atoms with Gasteiger partial charge in [0.2, 0.25) is 0 Å². The number of hydrogen-bond acceptors (Lipinski definition) is 5. The highest BCUT2D eigenvalue weighted by Crippen LogP contribution is 2.20. The lowest BCUT2D eigenvalue weighted by atomic mass is 10.3. The molecule has 1 aromatic carbocycles. The molecule has 2 aromatic rings. The van der Waals surface area contributed by atoms with Crippen LogP contribution in [0.15, 0.2) is 35.6 Å². The largest absolute Gasteiger partial charge is 0.422 e. The number of esters is 1. The van der Waals surface area contributed by atoms with Crippen molar-refractivity contribution in [2.75, 3.05) is 5.75 Å². The highest BCUT2D eigenvalue weighted by molar-refractivity contribution is 7.99. The summed E-state index contributed by atoms with van der Waals surface area (Å²) in [4.78, 5) is 20.0. The molecule has 0 bridgehead atoms. The number of hydrogen-bond donors (Lipinski definition) is 0. The van der Waals surface area contributed by atoms with Crippen molar-refractivity contribution in [3.63, 3.8) is 0 Å². The zero-order valence-electron chi connectivity index (χ0n) is 10.5. The molecule has 0 amide bonds. The highest BCUT2D eigenvalue weighted by Gasteiger charge is 2.16. The van der Waals surface area contributed by atoms with Crippen LogP contribution in [0.4, 0.5) is 4.39 Å². The lowest BCUT2D eigenvalue weighted by Crippen LogP contribution is -2.12. The minimum absolute atomic E-state index is 0.0121. The average molecular weight is 313 g/mol. The van der Waals surface area contributed by atoms with Gasteiger partial charge in [0, 0.05) is 0 Å². The van der Waals surface area contributed by atoms with Crippen molar-refractivity contribution < 1.29 is 13.9 Å². The Morgan fingerprint density at radius 3 is 2.75 bits per heavy atom. The molecule has 0 aliphatic heterocycles. The van der Waals surface area contributed by atoms with E-state index in [1.54, 1.807) is 0 Å². The molecule has 0 fully saturated rings. The summed E-state index contributed by atoms with van der Waals surface area (Å²) in [5.74, 6) is -0.127. The third-order valence-electron chi connectivity index (χ3n) is 2.21. The van der Waals surface area contributed by atoms with Gasteiger partial charge in [0.1, 0.15) is 11.6 Å². The molecule has 0 radical (unpaired) electrons. The Bertz CT molecular complexity index is 622. The minimum atomic E-state index is -0.707. The first-order valence-electron chi connectivity index (χ1n) is 5.73. The van der Waals surface area contributed by atoms with Crippen molar-refractivity contribution >= 4 is 29.3 Å². The Balaban J connectivity index is 2.19. The van der Waals surface area contributed by atoms with Crippen LogP contribution in [0.5, 0.6) is 5.75 Å². The van der Waals surface area contributed by atoms with E-state index in [0.29, 0.717) is 5.16 Å². The first kappa shape index (κ1) is 14.7. The Morgan fingerprint density at radius 1 is 1.40 bits per heavy atom. The summed E-state index contributed by atoms with van der Waals surface area (Å²) in [6.07, 6.45) is 1.35. The first-order valence-corrected chi connectivity index (χ1v) is 7.09. The second-order valence-corrected chi connectivity index (χ2v) is 5.26. The molecule has 0 aliphatic rings. The molecule has 0 spiro atoms. The molecule has 104 valence electrons. The maximum Gasteiger partial charge on any atom is 0.364 e. The first-order chi connectivity index (χ1) is 9.60. The van der Waals surface area contributed by atoms with Crippen LogP contribution in [0.25, 0.3) is 0 Å². The number of aromatic nitrogens is 2. The van der Waals surface area contributed by atoms with Crippen LogP contribution in [0.1, 0.15) is 17.4 Å². The van der Waals surface area contributed by atoms with Crippen LogP contribution in [0.3, 0.4) is 0 Å². The van der Waals surface area contributed by atoms with Crippen molar-refractivity contribution in [1.82, 2.24) is 9.97 Å². The van der Waals surface area contributed by atoms with Gasteiger partial charge in [-0.2, -0.15) is 0 Å². The molecule has 0 atom stereocenters. The lowest BCUT2D eigenvalue weighted by Gasteiger charge is -2.06. The van der Waals surface area contributed by atoms with Crippen LogP contribution in [-0.2, 0) is 0 Å². The predicted molar refractivity (Wildman–Crippen MR) is 74.8 cm³/mol. The Morgan fingerprint density at radius 2 is 2.10 bits per heavy atom. The second-order valence-electron chi connectivity index (χ2n) is 3.63. The molecule has 0 saturated heterocycles. The zero-order valence-corrected chi connectivity index (χ0v) is 12.0. The zero-order chi connectivity index (χ0) is 14.5. The van der Waals surface area contributed by atoms with Crippen LogP contribution in [0, 0.1) is 5.82 Å². The fourth-order valence-electron chi connectivity index (χ4n) is 1.35. The molecular formula is C13H10ClFN2O2S. The second kappa shape index (κ2) is 6.67. The van der Waals surface area contributed by atoms with Gasteiger partial charge in [0.15, 0.2) is 10.9 Å². The topological polar surface area (TPSA) is 52.1 Å². The lowest BCUT2D eigenvalue weighted by molar-refractivity contribution is 0.0727. The van der Waals surface area contributed by atoms with E-state index in [1.807, 2.05) is 6.92 Å². The van der Waals surface area contributed by atoms with Crippen molar-refractivity contribution in [1.29, 1.82) is 0 Å². The number of rotatable bonds is 4. The van der Waals surface area contributed by atoms with Crippen LogP contribution in [-0.4, -0.2) is 21.7 Å². The van der Waals surface area contributed by atoms with Crippen LogP contribution < -0.4 is 4.74 Å². The smallest absolute Gasteiger partial charge is 0.364 e. The number of nitrogens with zero attached hydrogens (tertiary/aromatic N) is 2. The standard InChI is InChI=1S/C13H10ClFN2O2S/c1-2-20-13-16-7-10(14)11(17-13)12(18)19-9-5-3-8(15)4-6-9/h3-7H,2H2,1H3. The number of ether oxygens (including phenoxy) is 1. The molecule has 4 nitrogen and oxygen atoms in total. The molecule has 1 aromatic heterocycles. The number of halogens is 2. The van der Waals surface area contributed by atoms with Gasteiger partial charge in [-0.25, -0.2) is 19.2 Å². The van der Waals surface area contributed by atoms with Gasteiger partial charge in [-0.1, -0.05) is 30.3 Å². The Labute approximate surface area is 124 Å². The maximum absolute atomic E-state index is 12.8. The molecule has 0 saturated carbocycles. The summed E-state index contributed by atoms with van der Waals surface area (Å²) in [5.41, 5.74) is -0.0121. The number of benzene rings is 1. The highest BCUT2D eigenvalue weighted by atomic mass is 35.5. The predicted octanol–water partition coefficient (Wildman–Crippen LogP) is 3.60. The average Bonchev–Trinajstić information content (AvgIpc) is 2.43. The van der Waals surface area contributed by atoms with E-state index in [1.165, 1.54) is 42.2 Å². The fraction of sp³-hybridized carbons (Fsp3) is 0.154. The van der Waals surface area contributed by atoms with Gasteiger partial charge in [0.25, 0.3) is 0 Å². The van der Waals surface area contributed by atoms with Crippen LogP contribution >= 0.6 is 23.4 Å². The Kier molecular flexibility index (Phi) is 4.92. The summed E-state index contributed by atoms with van der Waals surface area (Å²) in [6, 6.07) is 5.10. The number of thioether (sulfide) groups is 1.